The van der Waals surface area contributed by atoms with Gasteiger partial charge in [0.25, 0.3) is 0 Å². The largest absolute Gasteiger partial charge is 0.573 e. The van der Waals surface area contributed by atoms with Crippen LogP contribution in [0.5, 0.6) is 5.75 Å². The van der Waals surface area contributed by atoms with Gasteiger partial charge in [-0.15, -0.1) is 13.2 Å². The van der Waals surface area contributed by atoms with Gasteiger partial charge in [0.1, 0.15) is 12.4 Å². The Bertz CT molecular complexity index is 788. The number of benzene rings is 2. The summed E-state index contributed by atoms with van der Waals surface area (Å²) in [7, 11) is 0. The van der Waals surface area contributed by atoms with Gasteiger partial charge in [-0.1, -0.05) is 24.3 Å². The maximum Gasteiger partial charge on any atom is 0.573 e. The Morgan fingerprint density at radius 3 is 2.28 bits per heavy atom. The maximum atomic E-state index is 12.0. The molecular formula is C18H12F3NO3. The second-order valence-electron chi connectivity index (χ2n) is 4.87. The number of esters is 1. The van der Waals surface area contributed by atoms with E-state index in [9.17, 15) is 18.0 Å². The summed E-state index contributed by atoms with van der Waals surface area (Å²) >= 11 is 0. The summed E-state index contributed by atoms with van der Waals surface area (Å²) in [6.45, 7) is 0.0489. The van der Waals surface area contributed by atoms with Crippen molar-refractivity contribution < 1.29 is 27.4 Å². The van der Waals surface area contributed by atoms with Gasteiger partial charge in [-0.05, 0) is 41.5 Å². The van der Waals surface area contributed by atoms with Gasteiger partial charge in [-0.25, -0.2) is 4.79 Å². The van der Waals surface area contributed by atoms with Gasteiger partial charge in [-0.2, -0.15) is 5.26 Å². The molecule has 0 radical (unpaired) electrons. The molecule has 0 fully saturated rings. The molecule has 0 aromatic heterocycles. The van der Waals surface area contributed by atoms with Crippen LogP contribution in [-0.4, -0.2) is 12.3 Å². The van der Waals surface area contributed by atoms with E-state index in [0.717, 1.165) is 17.7 Å². The van der Waals surface area contributed by atoms with E-state index >= 15 is 0 Å². The van der Waals surface area contributed by atoms with Crippen molar-refractivity contribution in [2.45, 2.75) is 13.0 Å². The molecule has 2 rings (SSSR count). The molecule has 2 aromatic rings. The Morgan fingerprint density at radius 1 is 1.08 bits per heavy atom. The first kappa shape index (κ1) is 18.1. The molecule has 0 atom stereocenters. The molecule has 0 spiro atoms. The van der Waals surface area contributed by atoms with Crippen molar-refractivity contribution in [1.29, 1.82) is 5.26 Å². The molecule has 0 amide bonds. The molecule has 0 bridgehead atoms. The first-order valence-electron chi connectivity index (χ1n) is 7.05. The summed E-state index contributed by atoms with van der Waals surface area (Å²) in [5.74, 6) is -0.937. The van der Waals surface area contributed by atoms with E-state index in [0.29, 0.717) is 11.1 Å². The third-order valence-electron chi connectivity index (χ3n) is 2.99. The zero-order valence-electron chi connectivity index (χ0n) is 12.8. The Hall–Kier alpha value is -3.27. The van der Waals surface area contributed by atoms with Crippen LogP contribution in [0.25, 0.3) is 6.08 Å². The fourth-order valence-corrected chi connectivity index (χ4v) is 1.82. The predicted octanol–water partition coefficient (Wildman–Crippen LogP) is 4.21. The fraction of sp³-hybridized carbons (Fsp3) is 0.111. The average Bonchev–Trinajstić information content (AvgIpc) is 2.58. The molecule has 25 heavy (non-hydrogen) atoms. The molecule has 2 aromatic carbocycles. The van der Waals surface area contributed by atoms with Gasteiger partial charge in [0.15, 0.2) is 0 Å². The number of hydrogen-bond donors (Lipinski definition) is 0. The van der Waals surface area contributed by atoms with Crippen LogP contribution in [-0.2, 0) is 16.1 Å². The molecule has 0 aliphatic rings. The minimum absolute atomic E-state index is 0.0489. The van der Waals surface area contributed by atoms with Crippen molar-refractivity contribution in [3.8, 4) is 11.8 Å². The van der Waals surface area contributed by atoms with Crippen LogP contribution < -0.4 is 4.74 Å². The van der Waals surface area contributed by atoms with Crippen molar-refractivity contribution in [1.82, 2.24) is 0 Å². The van der Waals surface area contributed by atoms with Crippen molar-refractivity contribution >= 4 is 12.0 Å². The van der Waals surface area contributed by atoms with Gasteiger partial charge in [-0.3, -0.25) is 0 Å². The van der Waals surface area contributed by atoms with E-state index in [1.54, 1.807) is 24.3 Å². The van der Waals surface area contributed by atoms with E-state index in [-0.39, 0.29) is 12.4 Å². The third kappa shape index (κ3) is 6.39. The first-order valence-corrected chi connectivity index (χ1v) is 7.05. The molecule has 0 saturated heterocycles. The van der Waals surface area contributed by atoms with Crippen molar-refractivity contribution in [2.24, 2.45) is 0 Å². The van der Waals surface area contributed by atoms with Gasteiger partial charge < -0.3 is 9.47 Å². The predicted molar refractivity (Wildman–Crippen MR) is 83.1 cm³/mol. The number of ether oxygens (including phenoxy) is 2. The molecule has 0 heterocycles. The second kappa shape index (κ2) is 8.02. The molecule has 0 unspecified atom stereocenters. The molecule has 4 nitrogen and oxygen atoms in total. The highest BCUT2D eigenvalue weighted by molar-refractivity contribution is 5.87. The lowest BCUT2D eigenvalue weighted by Crippen LogP contribution is -2.16. The fourth-order valence-electron chi connectivity index (χ4n) is 1.82. The van der Waals surface area contributed by atoms with Crippen LogP contribution in [0.15, 0.2) is 54.6 Å². The zero-order chi connectivity index (χ0) is 18.3. The maximum absolute atomic E-state index is 12.0. The van der Waals surface area contributed by atoms with Gasteiger partial charge in [0, 0.05) is 6.08 Å². The molecular weight excluding hydrogens is 335 g/mol. The number of carbonyl (C=O) groups is 1. The Balaban J connectivity index is 1.86. The number of alkyl halides is 3. The summed E-state index contributed by atoms with van der Waals surface area (Å²) in [6, 6.07) is 13.6. The van der Waals surface area contributed by atoms with Crippen LogP contribution in [0.1, 0.15) is 16.7 Å². The highest BCUT2D eigenvalue weighted by Crippen LogP contribution is 2.23. The normalized spacial score (nSPS) is 11.1. The monoisotopic (exact) mass is 347 g/mol. The van der Waals surface area contributed by atoms with Crippen LogP contribution in [0, 0.1) is 11.3 Å². The highest BCUT2D eigenvalue weighted by Gasteiger charge is 2.30. The topological polar surface area (TPSA) is 59.3 Å². The summed E-state index contributed by atoms with van der Waals surface area (Å²) in [5, 5.41) is 8.69. The molecule has 0 N–H and O–H groups in total. The third-order valence-corrected chi connectivity index (χ3v) is 2.99. The van der Waals surface area contributed by atoms with Crippen LogP contribution in [0.3, 0.4) is 0 Å². The van der Waals surface area contributed by atoms with E-state index in [1.165, 1.54) is 24.3 Å². The first-order chi connectivity index (χ1) is 11.9. The second-order valence-corrected chi connectivity index (χ2v) is 4.87. The Morgan fingerprint density at radius 2 is 1.72 bits per heavy atom. The molecule has 128 valence electrons. The number of carbonyl (C=O) groups excluding carboxylic acids is 1. The lowest BCUT2D eigenvalue weighted by molar-refractivity contribution is -0.274. The number of nitrogens with zero attached hydrogens (tertiary/aromatic N) is 1. The molecule has 0 aliphatic carbocycles. The minimum atomic E-state index is -4.74. The van der Waals surface area contributed by atoms with E-state index in [2.05, 4.69) is 4.74 Å². The number of halogens is 3. The van der Waals surface area contributed by atoms with E-state index in [1.807, 2.05) is 6.07 Å². The van der Waals surface area contributed by atoms with Crippen molar-refractivity contribution in [3.63, 3.8) is 0 Å². The van der Waals surface area contributed by atoms with Crippen LogP contribution >= 0.6 is 0 Å². The van der Waals surface area contributed by atoms with Gasteiger partial charge >= 0.3 is 12.3 Å². The molecule has 7 heteroatoms. The lowest BCUT2D eigenvalue weighted by atomic mass is 10.2. The van der Waals surface area contributed by atoms with Crippen molar-refractivity contribution in [3.05, 3.63) is 71.3 Å². The van der Waals surface area contributed by atoms with Crippen LogP contribution in [0.4, 0.5) is 13.2 Å². The Labute approximate surface area is 141 Å². The lowest BCUT2D eigenvalue weighted by Gasteiger charge is -2.08. The average molecular weight is 347 g/mol. The minimum Gasteiger partial charge on any atom is -0.458 e. The zero-order valence-corrected chi connectivity index (χ0v) is 12.8. The number of hydrogen-bond acceptors (Lipinski definition) is 4. The highest BCUT2D eigenvalue weighted by atomic mass is 19.4. The smallest absolute Gasteiger partial charge is 0.458 e. The summed E-state index contributed by atoms with van der Waals surface area (Å²) < 4.78 is 44.9. The van der Waals surface area contributed by atoms with Crippen molar-refractivity contribution in [2.75, 3.05) is 0 Å². The molecule has 0 aliphatic heterocycles. The van der Waals surface area contributed by atoms with Gasteiger partial charge in [0.2, 0.25) is 0 Å². The standard InChI is InChI=1S/C18H12F3NO3/c19-18(20,21)25-16-8-5-13(6-9-16)7-10-17(23)24-12-15-3-1-14(11-22)2-4-15/h1-10H,12H2/b10-7+. The Kier molecular flexibility index (Phi) is 5.79. The quantitative estimate of drug-likeness (QED) is 0.600. The summed E-state index contributed by atoms with van der Waals surface area (Å²) in [5.41, 5.74) is 1.76. The number of rotatable bonds is 5. The SMILES string of the molecule is N#Cc1ccc(COC(=O)/C=C/c2ccc(OC(F)(F)F)cc2)cc1. The van der Waals surface area contributed by atoms with Gasteiger partial charge in [0.05, 0.1) is 11.6 Å². The summed E-state index contributed by atoms with van der Waals surface area (Å²) in [6.07, 6.45) is -2.16. The van der Waals surface area contributed by atoms with E-state index in [4.69, 9.17) is 10.00 Å². The molecule has 0 saturated carbocycles. The number of nitriles is 1. The van der Waals surface area contributed by atoms with Crippen LogP contribution in [0.2, 0.25) is 0 Å². The summed E-state index contributed by atoms with van der Waals surface area (Å²) in [4.78, 5) is 11.6. The van der Waals surface area contributed by atoms with E-state index < -0.39 is 12.3 Å².